The van der Waals surface area contributed by atoms with Crippen molar-refractivity contribution in [3.63, 3.8) is 0 Å². The van der Waals surface area contributed by atoms with E-state index in [1.807, 2.05) is 0 Å². The first-order valence-corrected chi connectivity index (χ1v) is 4.46. The van der Waals surface area contributed by atoms with E-state index in [0.29, 0.717) is 0 Å². The molecule has 0 saturated carbocycles. The Morgan fingerprint density at radius 2 is 2.14 bits per heavy atom. The van der Waals surface area contributed by atoms with Crippen LogP contribution in [0.15, 0.2) is 12.3 Å². The first-order valence-electron chi connectivity index (χ1n) is 3.92. The van der Waals surface area contributed by atoms with Crippen LogP contribution in [0.4, 0.5) is 5.82 Å². The van der Waals surface area contributed by atoms with Gasteiger partial charge in [0.05, 0.1) is 12.0 Å². The van der Waals surface area contributed by atoms with Gasteiger partial charge in [-0.3, -0.25) is 0 Å². The number of aromatic nitrogens is 1. The van der Waals surface area contributed by atoms with Crippen molar-refractivity contribution in [1.82, 2.24) is 4.98 Å². The van der Waals surface area contributed by atoms with Crippen LogP contribution in [-0.2, 0) is 0 Å². The zero-order valence-electron chi connectivity index (χ0n) is 7.26. The molecule has 0 aromatic carbocycles. The monoisotopic (exact) mass is 218 g/mol. The van der Waals surface area contributed by atoms with Gasteiger partial charge in [0, 0.05) is 11.8 Å². The second-order valence-electron chi connectivity index (χ2n) is 2.84. The summed E-state index contributed by atoms with van der Waals surface area (Å²) in [6.07, 6.45) is -0.997. The first kappa shape index (κ1) is 11.0. The molecule has 0 aliphatic heterocycles. The molecule has 1 heterocycles. The van der Waals surface area contributed by atoms with Crippen LogP contribution in [0, 0.1) is 0 Å². The van der Waals surface area contributed by atoms with Crippen LogP contribution in [0.25, 0.3) is 0 Å². The lowest BCUT2D eigenvalue weighted by molar-refractivity contribution is 0.0324. The minimum atomic E-state index is -1.17. The van der Waals surface area contributed by atoms with Gasteiger partial charge in [-0.25, -0.2) is 4.98 Å². The van der Waals surface area contributed by atoms with Gasteiger partial charge in [-0.2, -0.15) is 0 Å². The maximum atomic E-state index is 9.48. The van der Waals surface area contributed by atoms with E-state index in [0.717, 1.165) is 0 Å². The summed E-state index contributed by atoms with van der Waals surface area (Å²) in [5.74, 6) is -0.364. The first-order chi connectivity index (χ1) is 6.56. The number of nitrogen functional groups attached to an aromatic ring is 1. The molecule has 1 rings (SSSR count). The van der Waals surface area contributed by atoms with E-state index in [4.69, 9.17) is 17.3 Å². The van der Waals surface area contributed by atoms with Crippen LogP contribution in [0.5, 0.6) is 5.75 Å². The molecule has 0 spiro atoms. The van der Waals surface area contributed by atoms with Crippen molar-refractivity contribution in [2.24, 2.45) is 0 Å². The van der Waals surface area contributed by atoms with E-state index in [2.05, 4.69) is 4.98 Å². The maximum Gasteiger partial charge on any atom is 0.165 e. The standard InChI is InChI=1S/C8H11ClN2O3/c9-2-6(13)7(14)4-1-5(12)8(10)11-3-4/h1,3,6-7,12-14H,2H2,(H2,10,11). The normalized spacial score (nSPS) is 15.1. The summed E-state index contributed by atoms with van der Waals surface area (Å²) in [7, 11) is 0. The molecule has 0 amide bonds. The summed E-state index contributed by atoms with van der Waals surface area (Å²) in [5.41, 5.74) is 5.53. The van der Waals surface area contributed by atoms with E-state index in [1.165, 1.54) is 12.3 Å². The Hall–Kier alpha value is -1.04. The second kappa shape index (κ2) is 4.45. The third-order valence-electron chi connectivity index (χ3n) is 1.78. The van der Waals surface area contributed by atoms with Gasteiger partial charge in [0.15, 0.2) is 11.6 Å². The summed E-state index contributed by atoms with van der Waals surface area (Å²) < 4.78 is 0. The van der Waals surface area contributed by atoms with E-state index < -0.39 is 12.2 Å². The van der Waals surface area contributed by atoms with Gasteiger partial charge in [0.2, 0.25) is 0 Å². The van der Waals surface area contributed by atoms with E-state index in [-0.39, 0.29) is 23.0 Å². The molecule has 2 atom stereocenters. The van der Waals surface area contributed by atoms with Crippen LogP contribution < -0.4 is 5.73 Å². The molecule has 1 aromatic rings. The Morgan fingerprint density at radius 3 is 2.64 bits per heavy atom. The highest BCUT2D eigenvalue weighted by Gasteiger charge is 2.18. The average Bonchev–Trinajstić information content (AvgIpc) is 2.20. The highest BCUT2D eigenvalue weighted by molar-refractivity contribution is 6.18. The van der Waals surface area contributed by atoms with Crippen molar-refractivity contribution in [3.8, 4) is 5.75 Å². The minimum Gasteiger partial charge on any atom is -0.504 e. The van der Waals surface area contributed by atoms with Gasteiger partial charge in [0.1, 0.15) is 6.10 Å². The SMILES string of the molecule is Nc1ncc(C(O)C(O)CCl)cc1O. The Balaban J connectivity index is 2.91. The molecule has 2 unspecified atom stereocenters. The fourth-order valence-corrected chi connectivity index (χ4v) is 1.12. The lowest BCUT2D eigenvalue weighted by Gasteiger charge is -2.15. The van der Waals surface area contributed by atoms with Gasteiger partial charge in [-0.15, -0.1) is 11.6 Å². The highest BCUT2D eigenvalue weighted by atomic mass is 35.5. The van der Waals surface area contributed by atoms with Gasteiger partial charge in [-0.1, -0.05) is 0 Å². The summed E-state index contributed by atoms with van der Waals surface area (Å²) in [4.78, 5) is 3.63. The molecule has 1 aromatic heterocycles. The molecular formula is C8H11ClN2O3. The number of pyridine rings is 1. The molecule has 0 fully saturated rings. The quantitative estimate of drug-likeness (QED) is 0.536. The number of hydrogen-bond donors (Lipinski definition) is 4. The van der Waals surface area contributed by atoms with Gasteiger partial charge in [0.25, 0.3) is 0 Å². The van der Waals surface area contributed by atoms with E-state index >= 15 is 0 Å². The molecule has 0 aliphatic rings. The lowest BCUT2D eigenvalue weighted by atomic mass is 10.1. The van der Waals surface area contributed by atoms with Crippen LogP contribution >= 0.6 is 11.6 Å². The average molecular weight is 219 g/mol. The molecule has 5 nitrogen and oxygen atoms in total. The number of hydrogen-bond acceptors (Lipinski definition) is 5. The zero-order valence-corrected chi connectivity index (χ0v) is 8.02. The molecule has 14 heavy (non-hydrogen) atoms. The smallest absolute Gasteiger partial charge is 0.165 e. The zero-order chi connectivity index (χ0) is 10.7. The van der Waals surface area contributed by atoms with Crippen molar-refractivity contribution in [2.75, 3.05) is 11.6 Å². The largest absolute Gasteiger partial charge is 0.504 e. The van der Waals surface area contributed by atoms with E-state index in [9.17, 15) is 15.3 Å². The topological polar surface area (TPSA) is 99.6 Å². The Bertz CT molecular complexity index is 321. The molecule has 0 saturated heterocycles. The van der Waals surface area contributed by atoms with Crippen molar-refractivity contribution in [3.05, 3.63) is 17.8 Å². The Kier molecular flexibility index (Phi) is 3.51. The van der Waals surface area contributed by atoms with Crippen molar-refractivity contribution < 1.29 is 15.3 Å². The van der Waals surface area contributed by atoms with Crippen LogP contribution in [0.1, 0.15) is 11.7 Å². The van der Waals surface area contributed by atoms with Crippen LogP contribution in [0.2, 0.25) is 0 Å². The number of halogens is 1. The predicted molar refractivity (Wildman–Crippen MR) is 52.0 cm³/mol. The number of nitrogens with two attached hydrogens (primary N) is 1. The molecule has 5 N–H and O–H groups in total. The molecule has 0 bridgehead atoms. The molecule has 0 aliphatic carbocycles. The van der Waals surface area contributed by atoms with Crippen molar-refractivity contribution in [1.29, 1.82) is 0 Å². The van der Waals surface area contributed by atoms with Gasteiger partial charge >= 0.3 is 0 Å². The van der Waals surface area contributed by atoms with Crippen LogP contribution in [-0.4, -0.2) is 32.3 Å². The second-order valence-corrected chi connectivity index (χ2v) is 3.15. The van der Waals surface area contributed by atoms with Crippen LogP contribution in [0.3, 0.4) is 0 Å². The number of aliphatic hydroxyl groups excluding tert-OH is 2. The highest BCUT2D eigenvalue weighted by Crippen LogP contribution is 2.24. The number of anilines is 1. The number of nitrogens with zero attached hydrogens (tertiary/aromatic N) is 1. The van der Waals surface area contributed by atoms with E-state index in [1.54, 1.807) is 0 Å². The van der Waals surface area contributed by atoms with Crippen molar-refractivity contribution in [2.45, 2.75) is 12.2 Å². The number of alkyl halides is 1. The van der Waals surface area contributed by atoms with Gasteiger partial charge in [-0.05, 0) is 6.07 Å². The molecule has 0 radical (unpaired) electrons. The molecule has 6 heteroatoms. The number of aliphatic hydroxyl groups is 2. The minimum absolute atomic E-state index is 0.0266. The third kappa shape index (κ3) is 2.25. The Morgan fingerprint density at radius 1 is 1.50 bits per heavy atom. The number of rotatable bonds is 3. The predicted octanol–water partition coefficient (Wildman–Crippen LogP) is 0.00250. The molecular weight excluding hydrogens is 208 g/mol. The molecule has 78 valence electrons. The lowest BCUT2D eigenvalue weighted by Crippen LogP contribution is -2.19. The number of aromatic hydroxyl groups is 1. The maximum absolute atomic E-state index is 9.48. The Labute approximate surface area is 85.8 Å². The summed E-state index contributed by atoms with van der Waals surface area (Å²) in [5, 5.41) is 27.9. The fraction of sp³-hybridized carbons (Fsp3) is 0.375. The van der Waals surface area contributed by atoms with Crippen molar-refractivity contribution >= 4 is 17.4 Å². The summed E-state index contributed by atoms with van der Waals surface area (Å²) in [6.45, 7) is 0. The summed E-state index contributed by atoms with van der Waals surface area (Å²) >= 11 is 5.35. The fourth-order valence-electron chi connectivity index (χ4n) is 0.948. The van der Waals surface area contributed by atoms with Gasteiger partial charge < -0.3 is 21.1 Å². The summed E-state index contributed by atoms with van der Waals surface area (Å²) in [6, 6.07) is 1.24. The third-order valence-corrected chi connectivity index (χ3v) is 2.10.